The quantitative estimate of drug-likeness (QED) is 0.0138. The molecule has 0 spiro atoms. The average molecular weight is 1470 g/mol. The van der Waals surface area contributed by atoms with E-state index in [2.05, 4.69) is 43.7 Å². The second kappa shape index (κ2) is 37.4. The van der Waals surface area contributed by atoms with Crippen LogP contribution in [0.15, 0.2) is 21.6 Å². The van der Waals surface area contributed by atoms with Gasteiger partial charge in [0.15, 0.2) is 29.6 Å². The Bertz CT molecular complexity index is 3090. The smallest absolute Gasteiger partial charge is 0.410 e. The average Bonchev–Trinajstić information content (AvgIpc) is 1.55. The lowest BCUT2D eigenvalue weighted by atomic mass is 9.73. The Balaban J connectivity index is 0.000000375. The van der Waals surface area contributed by atoms with E-state index in [4.69, 9.17) is 63.2 Å². The third-order valence-electron chi connectivity index (χ3n) is 23.3. The molecular formula is C75H128N10O19. The minimum Gasteiger partial charge on any atom is -0.458 e. The molecule has 6 unspecified atom stereocenters. The van der Waals surface area contributed by atoms with E-state index in [1.807, 2.05) is 83.6 Å². The number of hydrogen-bond donors (Lipinski definition) is 1. The summed E-state index contributed by atoms with van der Waals surface area (Å²) >= 11 is 0. The van der Waals surface area contributed by atoms with E-state index in [1.165, 1.54) is 23.8 Å². The Kier molecular flexibility index (Phi) is 32.0. The maximum absolute atomic E-state index is 14.6. The number of nitrogens with zero attached hydrogens (tertiary/aromatic N) is 10. The molecule has 0 aromatic heterocycles. The maximum atomic E-state index is 14.6. The molecule has 0 bridgehead atoms. The molecule has 29 nitrogen and oxygen atoms in total. The molecule has 25 atom stereocenters. The minimum absolute atomic E-state index is 0.0323. The highest BCUT2D eigenvalue weighted by molar-refractivity contribution is 6.00. The standard InChI is InChI=1S/C39H67N5O10.C36H61N5O9/c1-15-29(45)39(11)32(44(36(48)54-39)19-17-16-18-41-42-40)25(5)30(46)22(2)21-38(10,49-14)33(26(6)31-27(7)34(47)53-37(8,9)52-31)51-35-24(4)28(43(12)13)20-23(3)50-35;1-13-27-36(9)30(41(34(45)50-36)17-15-14-16-38-39-37)23(5)28(42)20(2)19-35(8,46-12)31(24(6)29(43)25(7)32(44)48-27)49-33-22(4)26(40(10)11)18-21(3)47-33/h22-26,28-29,32-33,35,45H,15-21H2,1-14H3;20-27,30-31,33H,13-19H2,1-12H3/t22-,23?,24?,25+,26+,28?,29-,32-,33-,35+,38-,39-;20-,21?,22?,23+,24+,25-,26?,27-,30-,31-,33+,35-,36-/m11/s1. The van der Waals surface area contributed by atoms with Crippen molar-refractivity contribution < 1.29 is 90.8 Å². The van der Waals surface area contributed by atoms with Crippen LogP contribution >= 0.6 is 0 Å². The first-order chi connectivity index (χ1) is 48.5. The third-order valence-corrected chi connectivity index (χ3v) is 23.3. The van der Waals surface area contributed by atoms with Gasteiger partial charge in [0.05, 0.1) is 59.4 Å². The summed E-state index contributed by atoms with van der Waals surface area (Å²) in [4.78, 5) is 110. The van der Waals surface area contributed by atoms with Gasteiger partial charge in [-0.05, 0) is 159 Å². The van der Waals surface area contributed by atoms with Crippen LogP contribution in [0.3, 0.4) is 0 Å². The highest BCUT2D eigenvalue weighted by Gasteiger charge is 2.62. The van der Waals surface area contributed by atoms with Crippen LogP contribution in [-0.2, 0) is 76.1 Å². The van der Waals surface area contributed by atoms with Gasteiger partial charge in [-0.25, -0.2) is 14.4 Å². The summed E-state index contributed by atoms with van der Waals surface area (Å²) in [5, 5.41) is 18.3. The van der Waals surface area contributed by atoms with Crippen LogP contribution < -0.4 is 0 Å². The predicted octanol–water partition coefficient (Wildman–Crippen LogP) is 11.9. The molecule has 29 heteroatoms. The number of rotatable bonds is 29. The Morgan fingerprint density at radius 3 is 1.78 bits per heavy atom. The van der Waals surface area contributed by atoms with Crippen molar-refractivity contribution in [1.82, 2.24) is 19.6 Å². The number of hydrogen-bond acceptors (Lipinski definition) is 23. The zero-order valence-corrected chi connectivity index (χ0v) is 67.3. The second-order valence-electron chi connectivity index (χ2n) is 32.2. The first-order valence-electron chi connectivity index (χ1n) is 37.7. The van der Waals surface area contributed by atoms with E-state index in [9.17, 15) is 38.7 Å². The molecule has 0 aromatic carbocycles. The number of aliphatic hydroxyl groups is 1. The number of unbranched alkanes of at least 4 members (excludes halogenated alkanes) is 2. The molecule has 0 saturated carbocycles. The van der Waals surface area contributed by atoms with Gasteiger partial charge in [-0.15, -0.1) is 0 Å². The molecule has 6 heterocycles. The van der Waals surface area contributed by atoms with Crippen molar-refractivity contribution in [3.63, 3.8) is 0 Å². The van der Waals surface area contributed by atoms with Gasteiger partial charge in [-0.3, -0.25) is 19.2 Å². The summed E-state index contributed by atoms with van der Waals surface area (Å²) in [5.74, 6) is -8.00. The molecule has 5 saturated heterocycles. The molecule has 0 radical (unpaired) electrons. The van der Waals surface area contributed by atoms with Crippen LogP contribution in [0.25, 0.3) is 20.9 Å². The molecule has 0 aliphatic carbocycles. The first kappa shape index (κ1) is 88.9. The van der Waals surface area contributed by atoms with Gasteiger partial charge in [0.1, 0.15) is 29.3 Å². The number of azide groups is 2. The van der Waals surface area contributed by atoms with Crippen LogP contribution in [0.4, 0.5) is 9.59 Å². The summed E-state index contributed by atoms with van der Waals surface area (Å²) in [5.41, 5.74) is 12.6. The molecular weight excluding hydrogens is 1340 g/mol. The molecule has 104 heavy (non-hydrogen) atoms. The lowest BCUT2D eigenvalue weighted by Crippen LogP contribution is -2.59. The number of cyclic esters (lactones) is 3. The molecule has 6 aliphatic rings. The summed E-state index contributed by atoms with van der Waals surface area (Å²) in [6.45, 7) is 37.4. The van der Waals surface area contributed by atoms with Crippen LogP contribution in [0, 0.1) is 53.3 Å². The van der Waals surface area contributed by atoms with E-state index in [1.54, 1.807) is 69.4 Å². The Morgan fingerprint density at radius 1 is 0.740 bits per heavy atom. The third kappa shape index (κ3) is 20.2. The highest BCUT2D eigenvalue weighted by atomic mass is 16.7. The van der Waals surface area contributed by atoms with Gasteiger partial charge >= 0.3 is 24.1 Å². The molecule has 0 aromatic rings. The number of ketones is 3. The molecule has 6 rings (SSSR count). The van der Waals surface area contributed by atoms with Crippen LogP contribution in [0.5, 0.6) is 0 Å². The SMILES string of the molecule is CC[C@@H](O)[C@@]1(C)OC(=O)N(CCCCN=[N+]=[N-])[C@@H]1[C@@H](C)C(=O)[C@H](C)C[C@@](C)(OC)[C@H](O[C@@H]1OC(C)CC(N(C)C)C1C)[C@@H](C)C1=C(C)C(=O)OC(C)(C)O1.CC[C@H]1OC(=O)[C@H](C)C(=O)[C@H](C)[C@@H](O[C@@H]2OC(C)CC(N(C)C)C2C)[C@](C)(OC)C[C@@H](C)C(=O)[C@H](C)[C@H]2N(CCCCN=[N+]=[N-])C(=O)O[C@]12C. The van der Waals surface area contributed by atoms with Crippen molar-refractivity contribution in [2.75, 3.05) is 68.6 Å². The number of fused-ring (bicyclic) bond motifs is 1. The number of Topliss-reactive ketones (excluding diaryl/α,β-unsaturated/α-hetero) is 3. The van der Waals surface area contributed by atoms with Gasteiger partial charge < -0.3 is 76.8 Å². The Morgan fingerprint density at radius 2 is 1.27 bits per heavy atom. The van der Waals surface area contributed by atoms with Crippen molar-refractivity contribution in [2.24, 2.45) is 63.5 Å². The number of carbonyl (C=O) groups excluding carboxylic acids is 7. The largest absolute Gasteiger partial charge is 0.458 e. The zero-order valence-electron chi connectivity index (χ0n) is 67.3. The lowest BCUT2D eigenvalue weighted by molar-refractivity contribution is -0.285. The van der Waals surface area contributed by atoms with Gasteiger partial charge in [-0.2, -0.15) is 0 Å². The van der Waals surface area contributed by atoms with E-state index in [0.29, 0.717) is 43.4 Å². The monoisotopic (exact) mass is 1470 g/mol. The normalized spacial score (nSPS) is 35.6. The van der Waals surface area contributed by atoms with Gasteiger partial charge in [-0.1, -0.05) is 79.5 Å². The van der Waals surface area contributed by atoms with E-state index in [0.717, 1.165) is 12.8 Å². The highest BCUT2D eigenvalue weighted by Crippen LogP contribution is 2.47. The summed E-state index contributed by atoms with van der Waals surface area (Å²) in [6.07, 6.45) is -1.57. The number of carbonyl (C=O) groups is 7. The Hall–Kier alpha value is -5.71. The lowest BCUT2D eigenvalue weighted by Gasteiger charge is -2.48. The second-order valence-corrected chi connectivity index (χ2v) is 32.2. The Labute approximate surface area is 618 Å². The van der Waals surface area contributed by atoms with Crippen LogP contribution in [0.2, 0.25) is 0 Å². The fourth-order valence-corrected chi connectivity index (χ4v) is 17.3. The van der Waals surface area contributed by atoms with Gasteiger partial charge in [0.25, 0.3) is 0 Å². The van der Waals surface area contributed by atoms with Gasteiger partial charge in [0.2, 0.25) is 5.79 Å². The fraction of sp³-hybridized carbons (Fsp3) is 0.880. The first-order valence-corrected chi connectivity index (χ1v) is 37.7. The number of esters is 2. The number of ether oxygens (including phenoxy) is 11. The van der Waals surface area contributed by atoms with Crippen molar-refractivity contribution >= 4 is 41.5 Å². The molecule has 5 fully saturated rings. The van der Waals surface area contributed by atoms with E-state index in [-0.39, 0.29) is 93.1 Å². The van der Waals surface area contributed by atoms with Crippen LogP contribution in [0.1, 0.15) is 203 Å². The van der Waals surface area contributed by atoms with E-state index < -0.39 is 149 Å². The predicted molar refractivity (Wildman–Crippen MR) is 388 cm³/mol. The minimum atomic E-state index is -1.38. The summed E-state index contributed by atoms with van der Waals surface area (Å²) < 4.78 is 68.9. The van der Waals surface area contributed by atoms with E-state index >= 15 is 0 Å². The molecule has 1 N–H and O–H groups in total. The van der Waals surface area contributed by atoms with Crippen LogP contribution in [-0.4, -0.2) is 236 Å². The van der Waals surface area contributed by atoms with Crippen molar-refractivity contribution in [3.05, 3.63) is 32.2 Å². The topological polar surface area (TPSA) is 352 Å². The molecule has 2 amide bonds. The zero-order chi connectivity index (χ0) is 78.6. The summed E-state index contributed by atoms with van der Waals surface area (Å²) in [7, 11) is 11.2. The van der Waals surface area contributed by atoms with Crippen molar-refractivity contribution in [3.8, 4) is 0 Å². The number of amides is 2. The summed E-state index contributed by atoms with van der Waals surface area (Å²) in [6, 6.07) is -1.20. The maximum Gasteiger partial charge on any atom is 0.410 e. The number of methoxy groups -OCH3 is 2. The number of aliphatic hydroxyl groups excluding tert-OH is 1. The molecule has 6 aliphatic heterocycles. The van der Waals surface area contributed by atoms with Crippen molar-refractivity contribution in [1.29, 1.82) is 0 Å². The molecule has 592 valence electrons. The van der Waals surface area contributed by atoms with Gasteiger partial charge in [0, 0.05) is 123 Å². The van der Waals surface area contributed by atoms with Crippen molar-refractivity contribution in [2.45, 2.75) is 304 Å². The fourth-order valence-electron chi connectivity index (χ4n) is 17.3.